The van der Waals surface area contributed by atoms with Gasteiger partial charge in [-0.3, -0.25) is 4.90 Å². The van der Waals surface area contributed by atoms with Gasteiger partial charge in [0.2, 0.25) is 0 Å². The number of nitrogens with one attached hydrogen (secondary N) is 1. The molecule has 0 aliphatic carbocycles. The van der Waals surface area contributed by atoms with Gasteiger partial charge in [-0.05, 0) is 31.4 Å². The van der Waals surface area contributed by atoms with Crippen LogP contribution in [-0.2, 0) is 4.74 Å². The third kappa shape index (κ3) is 2.65. The van der Waals surface area contributed by atoms with Gasteiger partial charge in [0.05, 0.1) is 6.10 Å². The zero-order chi connectivity index (χ0) is 11.5. The number of piperidine rings is 1. The molecule has 2 atom stereocenters. The summed E-state index contributed by atoms with van der Waals surface area (Å²) in [5.41, 5.74) is 3.16. The van der Waals surface area contributed by atoms with E-state index in [1.807, 2.05) is 7.11 Å². The van der Waals surface area contributed by atoms with Crippen molar-refractivity contribution in [2.75, 3.05) is 39.8 Å². The van der Waals surface area contributed by atoms with E-state index in [0.717, 1.165) is 26.2 Å². The first-order valence-electron chi connectivity index (χ1n) is 6.34. The first kappa shape index (κ1) is 12.1. The van der Waals surface area contributed by atoms with E-state index in [0.29, 0.717) is 12.0 Å². The Morgan fingerprint density at radius 1 is 1.50 bits per heavy atom. The van der Waals surface area contributed by atoms with Gasteiger partial charge in [-0.25, -0.2) is 0 Å². The van der Waals surface area contributed by atoms with Crippen molar-refractivity contribution in [2.24, 2.45) is 5.92 Å². The van der Waals surface area contributed by atoms with E-state index in [4.69, 9.17) is 4.74 Å². The highest BCUT2D eigenvalue weighted by Gasteiger charge is 2.26. The zero-order valence-electron chi connectivity index (χ0n) is 10.8. The summed E-state index contributed by atoms with van der Waals surface area (Å²) in [6.45, 7) is 10.2. The Morgan fingerprint density at radius 2 is 2.25 bits per heavy atom. The molecule has 2 rings (SSSR count). The molecular formula is C13H24N2O. The molecular weight excluding hydrogens is 200 g/mol. The van der Waals surface area contributed by atoms with Gasteiger partial charge in [0, 0.05) is 33.3 Å². The lowest BCUT2D eigenvalue weighted by molar-refractivity contribution is -0.00210. The van der Waals surface area contributed by atoms with Gasteiger partial charge < -0.3 is 10.1 Å². The van der Waals surface area contributed by atoms with Crippen LogP contribution in [0.4, 0.5) is 0 Å². The van der Waals surface area contributed by atoms with Crippen LogP contribution in [0.2, 0.25) is 0 Å². The topological polar surface area (TPSA) is 24.5 Å². The second-order valence-corrected chi connectivity index (χ2v) is 5.26. The van der Waals surface area contributed by atoms with E-state index in [2.05, 4.69) is 24.1 Å². The van der Waals surface area contributed by atoms with Crippen LogP contribution in [0.25, 0.3) is 0 Å². The van der Waals surface area contributed by atoms with Crippen molar-refractivity contribution in [1.29, 1.82) is 0 Å². The molecule has 2 heterocycles. The predicted octanol–water partition coefficient (Wildman–Crippen LogP) is 1.26. The van der Waals surface area contributed by atoms with Crippen LogP contribution in [-0.4, -0.2) is 50.8 Å². The smallest absolute Gasteiger partial charge is 0.0724 e. The highest BCUT2D eigenvalue weighted by atomic mass is 16.5. The molecule has 2 aliphatic rings. The largest absolute Gasteiger partial charge is 0.380 e. The molecule has 0 amide bonds. The number of methoxy groups -OCH3 is 1. The Hall–Kier alpha value is -0.380. The number of hydrogen-bond acceptors (Lipinski definition) is 3. The molecule has 0 aromatic carbocycles. The van der Waals surface area contributed by atoms with Gasteiger partial charge >= 0.3 is 0 Å². The van der Waals surface area contributed by atoms with Crippen LogP contribution in [0.3, 0.4) is 0 Å². The molecule has 0 radical (unpaired) electrons. The Morgan fingerprint density at radius 3 is 2.81 bits per heavy atom. The van der Waals surface area contributed by atoms with Crippen LogP contribution in [0, 0.1) is 5.92 Å². The summed E-state index contributed by atoms with van der Waals surface area (Å²) in [4.78, 5) is 2.54. The minimum absolute atomic E-state index is 0.422. The SMILES string of the molecule is COC1CN(CC(C)=C2CNC2)CCC1C. The molecule has 16 heavy (non-hydrogen) atoms. The molecule has 92 valence electrons. The molecule has 1 N–H and O–H groups in total. The summed E-state index contributed by atoms with van der Waals surface area (Å²) in [6.07, 6.45) is 1.69. The minimum Gasteiger partial charge on any atom is -0.380 e. The van der Waals surface area contributed by atoms with Crippen molar-refractivity contribution in [3.63, 3.8) is 0 Å². The van der Waals surface area contributed by atoms with E-state index >= 15 is 0 Å². The van der Waals surface area contributed by atoms with Gasteiger partial charge in [-0.15, -0.1) is 0 Å². The summed E-state index contributed by atoms with van der Waals surface area (Å²) in [5.74, 6) is 0.708. The van der Waals surface area contributed by atoms with Gasteiger partial charge in [-0.1, -0.05) is 12.5 Å². The molecule has 2 saturated heterocycles. The van der Waals surface area contributed by atoms with Crippen LogP contribution < -0.4 is 5.32 Å². The van der Waals surface area contributed by atoms with Crippen LogP contribution in [0.15, 0.2) is 11.1 Å². The van der Waals surface area contributed by atoms with Crippen LogP contribution >= 0.6 is 0 Å². The van der Waals surface area contributed by atoms with Gasteiger partial charge in [0.25, 0.3) is 0 Å². The van der Waals surface area contributed by atoms with Crippen molar-refractivity contribution >= 4 is 0 Å². The van der Waals surface area contributed by atoms with E-state index in [-0.39, 0.29) is 0 Å². The van der Waals surface area contributed by atoms with E-state index in [1.165, 1.54) is 13.0 Å². The van der Waals surface area contributed by atoms with Crippen LogP contribution in [0.5, 0.6) is 0 Å². The van der Waals surface area contributed by atoms with Crippen molar-refractivity contribution < 1.29 is 4.74 Å². The average Bonchev–Trinajstić information content (AvgIpc) is 2.18. The average molecular weight is 224 g/mol. The Kier molecular flexibility index (Phi) is 4.00. The predicted molar refractivity (Wildman–Crippen MR) is 66.6 cm³/mol. The maximum Gasteiger partial charge on any atom is 0.0724 e. The molecule has 0 aromatic rings. The summed E-state index contributed by atoms with van der Waals surface area (Å²) < 4.78 is 5.55. The highest BCUT2D eigenvalue weighted by molar-refractivity contribution is 5.22. The quantitative estimate of drug-likeness (QED) is 0.731. The number of hydrogen-bond donors (Lipinski definition) is 1. The lowest BCUT2D eigenvalue weighted by Gasteiger charge is -2.37. The molecule has 2 aliphatic heterocycles. The molecule has 0 aromatic heterocycles. The Bertz CT molecular complexity index is 269. The normalized spacial score (nSPS) is 31.3. The lowest BCUT2D eigenvalue weighted by atomic mass is 9.95. The maximum atomic E-state index is 5.55. The summed E-state index contributed by atoms with van der Waals surface area (Å²) in [6, 6.07) is 0. The first-order chi connectivity index (χ1) is 7.70. The fourth-order valence-electron chi connectivity index (χ4n) is 2.55. The Labute approximate surface area is 98.8 Å². The second kappa shape index (κ2) is 5.30. The number of rotatable bonds is 3. The lowest BCUT2D eigenvalue weighted by Crippen LogP contribution is -2.45. The van der Waals surface area contributed by atoms with Crippen molar-refractivity contribution in [3.8, 4) is 0 Å². The number of likely N-dealkylation sites (tertiary alicyclic amines) is 1. The first-order valence-corrected chi connectivity index (χ1v) is 6.34. The summed E-state index contributed by atoms with van der Waals surface area (Å²) in [7, 11) is 1.84. The molecule has 2 fully saturated rings. The third-order valence-electron chi connectivity index (χ3n) is 4.02. The molecule has 3 nitrogen and oxygen atoms in total. The van der Waals surface area contributed by atoms with E-state index < -0.39 is 0 Å². The number of nitrogens with zero attached hydrogens (tertiary/aromatic N) is 1. The Balaban J connectivity index is 1.86. The summed E-state index contributed by atoms with van der Waals surface area (Å²) >= 11 is 0. The molecule has 0 spiro atoms. The molecule has 0 saturated carbocycles. The standard InChI is InChI=1S/C13H24N2O/c1-10-4-5-15(9-13(10)16-3)8-11(2)12-6-14-7-12/h10,13-14H,4-9H2,1-3H3. The minimum atomic E-state index is 0.422. The zero-order valence-corrected chi connectivity index (χ0v) is 10.8. The molecule has 0 bridgehead atoms. The van der Waals surface area contributed by atoms with Gasteiger partial charge in [-0.2, -0.15) is 0 Å². The fourth-order valence-corrected chi connectivity index (χ4v) is 2.55. The van der Waals surface area contributed by atoms with Gasteiger partial charge in [0.1, 0.15) is 0 Å². The third-order valence-corrected chi connectivity index (χ3v) is 4.02. The maximum absolute atomic E-state index is 5.55. The van der Waals surface area contributed by atoms with Crippen molar-refractivity contribution in [1.82, 2.24) is 10.2 Å². The molecule has 2 unspecified atom stereocenters. The fraction of sp³-hybridized carbons (Fsp3) is 0.846. The van der Waals surface area contributed by atoms with Crippen molar-refractivity contribution in [2.45, 2.75) is 26.4 Å². The highest BCUT2D eigenvalue weighted by Crippen LogP contribution is 2.21. The van der Waals surface area contributed by atoms with E-state index in [9.17, 15) is 0 Å². The monoisotopic (exact) mass is 224 g/mol. The second-order valence-electron chi connectivity index (χ2n) is 5.26. The van der Waals surface area contributed by atoms with E-state index in [1.54, 1.807) is 11.1 Å². The molecule has 3 heteroatoms. The van der Waals surface area contributed by atoms with Crippen LogP contribution in [0.1, 0.15) is 20.3 Å². The van der Waals surface area contributed by atoms with Gasteiger partial charge in [0.15, 0.2) is 0 Å². The number of ether oxygens (including phenoxy) is 1. The van der Waals surface area contributed by atoms with Crippen molar-refractivity contribution in [3.05, 3.63) is 11.1 Å². The summed E-state index contributed by atoms with van der Waals surface area (Å²) in [5, 5.41) is 3.31.